The zero-order valence-electron chi connectivity index (χ0n) is 23.5. The van der Waals surface area contributed by atoms with E-state index in [1.807, 2.05) is 47.4 Å². The van der Waals surface area contributed by atoms with Crippen LogP contribution in [0.5, 0.6) is 11.5 Å². The number of nitrogens with one attached hydrogen (secondary N) is 1. The number of nitrogens with zero attached hydrogens (tertiary/aromatic N) is 2. The van der Waals surface area contributed by atoms with E-state index in [1.54, 1.807) is 30.5 Å². The first-order valence-corrected chi connectivity index (χ1v) is 15.3. The number of ether oxygens (including phenoxy) is 2. The van der Waals surface area contributed by atoms with E-state index in [9.17, 15) is 9.59 Å². The fraction of sp³-hybridized carbons (Fsp3) is 0.419. The second-order valence-corrected chi connectivity index (χ2v) is 12.3. The van der Waals surface area contributed by atoms with Crippen molar-refractivity contribution in [2.45, 2.75) is 58.0 Å². The lowest BCUT2D eigenvalue weighted by atomic mass is 9.94. The van der Waals surface area contributed by atoms with Crippen molar-refractivity contribution in [2.75, 3.05) is 32.6 Å². The molecule has 7 nitrogen and oxygen atoms in total. The number of urea groups is 1. The van der Waals surface area contributed by atoms with E-state index in [4.69, 9.17) is 9.47 Å². The van der Waals surface area contributed by atoms with Crippen molar-refractivity contribution in [3.8, 4) is 11.5 Å². The Labute approximate surface area is 249 Å². The van der Waals surface area contributed by atoms with Crippen molar-refractivity contribution in [3.05, 3.63) is 74.4 Å². The monoisotopic (exact) mass is 627 g/mol. The Morgan fingerprint density at radius 1 is 1.00 bits per heavy atom. The summed E-state index contributed by atoms with van der Waals surface area (Å²) in [6.45, 7) is 3.14. The molecule has 1 aliphatic rings. The standard InChI is InChI=1S/C31H38BrN3O4S/c1-22-13-15-25(40-22)20-34(18-17-23-14-16-28(38-2)29(19-23)39-3)30(36)21-35(24-9-5-4-6-10-24)31(37)33-27-12-8-7-11-26(27)32/h7-8,11-16,19,24H,4-6,9-10,17-18,20-21H2,1-3H3,(H,33,37). The summed E-state index contributed by atoms with van der Waals surface area (Å²) in [6.07, 6.45) is 5.77. The van der Waals surface area contributed by atoms with Crippen LogP contribution in [0, 0.1) is 6.92 Å². The van der Waals surface area contributed by atoms with Crippen molar-refractivity contribution < 1.29 is 19.1 Å². The van der Waals surface area contributed by atoms with Gasteiger partial charge in [0, 0.05) is 26.8 Å². The largest absolute Gasteiger partial charge is 0.493 e. The summed E-state index contributed by atoms with van der Waals surface area (Å²) in [6, 6.07) is 17.3. The summed E-state index contributed by atoms with van der Waals surface area (Å²) in [5, 5.41) is 3.03. The smallest absolute Gasteiger partial charge is 0.322 e. The van der Waals surface area contributed by atoms with Crippen molar-refractivity contribution in [2.24, 2.45) is 0 Å². The zero-order chi connectivity index (χ0) is 28.5. The number of hydrogen-bond acceptors (Lipinski definition) is 5. The lowest BCUT2D eigenvalue weighted by Crippen LogP contribution is -2.49. The third-order valence-electron chi connectivity index (χ3n) is 7.31. The maximum absolute atomic E-state index is 13.9. The van der Waals surface area contributed by atoms with Gasteiger partial charge in [-0.25, -0.2) is 4.79 Å². The number of amides is 3. The van der Waals surface area contributed by atoms with Gasteiger partial charge >= 0.3 is 6.03 Å². The van der Waals surface area contributed by atoms with Gasteiger partial charge in [0.15, 0.2) is 11.5 Å². The molecule has 0 unspecified atom stereocenters. The number of aryl methyl sites for hydroxylation is 1. The quantitative estimate of drug-likeness (QED) is 0.243. The van der Waals surface area contributed by atoms with Crippen LogP contribution in [0.2, 0.25) is 0 Å². The number of halogens is 1. The molecule has 3 amide bonds. The number of anilines is 1. The molecule has 2 aromatic carbocycles. The van der Waals surface area contributed by atoms with Crippen molar-refractivity contribution >= 4 is 44.9 Å². The van der Waals surface area contributed by atoms with E-state index in [-0.39, 0.29) is 24.5 Å². The maximum atomic E-state index is 13.9. The molecule has 9 heteroatoms. The van der Waals surface area contributed by atoms with Crippen LogP contribution in [0.15, 0.2) is 59.1 Å². The first-order chi connectivity index (χ1) is 19.4. The minimum absolute atomic E-state index is 0.0388. The Balaban J connectivity index is 1.53. The summed E-state index contributed by atoms with van der Waals surface area (Å²) >= 11 is 5.22. The minimum Gasteiger partial charge on any atom is -0.493 e. The van der Waals surface area contributed by atoms with Gasteiger partial charge in [0.2, 0.25) is 5.91 Å². The lowest BCUT2D eigenvalue weighted by Gasteiger charge is -2.35. The molecule has 0 saturated heterocycles. The molecular weight excluding hydrogens is 590 g/mol. The summed E-state index contributed by atoms with van der Waals surface area (Å²) in [5.74, 6) is 1.28. The van der Waals surface area contributed by atoms with Crippen LogP contribution in [0.3, 0.4) is 0 Å². The van der Waals surface area contributed by atoms with Crippen LogP contribution in [0.4, 0.5) is 10.5 Å². The highest BCUT2D eigenvalue weighted by molar-refractivity contribution is 9.10. The number of carbonyl (C=O) groups is 2. The molecule has 0 atom stereocenters. The summed E-state index contributed by atoms with van der Waals surface area (Å²) in [4.78, 5) is 33.5. The van der Waals surface area contributed by atoms with E-state index in [1.165, 1.54) is 11.3 Å². The molecule has 1 N–H and O–H groups in total. The summed E-state index contributed by atoms with van der Waals surface area (Å²) < 4.78 is 11.7. The summed E-state index contributed by atoms with van der Waals surface area (Å²) in [5.41, 5.74) is 1.74. The predicted molar refractivity (Wildman–Crippen MR) is 164 cm³/mol. The first kappa shape index (κ1) is 29.9. The van der Waals surface area contributed by atoms with Crippen LogP contribution in [0.1, 0.15) is 47.4 Å². The lowest BCUT2D eigenvalue weighted by molar-refractivity contribution is -0.132. The molecule has 1 saturated carbocycles. The molecule has 1 heterocycles. The number of rotatable bonds is 11. The van der Waals surface area contributed by atoms with Crippen LogP contribution < -0.4 is 14.8 Å². The Bertz CT molecular complexity index is 1290. The molecular formula is C31H38BrN3O4S. The highest BCUT2D eigenvalue weighted by Gasteiger charge is 2.29. The van der Waals surface area contributed by atoms with E-state index in [0.717, 1.165) is 40.6 Å². The Kier molecular flexibility index (Phi) is 10.9. The molecule has 3 aromatic rings. The first-order valence-electron chi connectivity index (χ1n) is 13.7. The third kappa shape index (κ3) is 8.01. The van der Waals surface area contributed by atoms with E-state index in [0.29, 0.717) is 36.7 Å². The topological polar surface area (TPSA) is 71.1 Å². The number of benzene rings is 2. The molecule has 1 fully saturated rings. The van der Waals surface area contributed by atoms with Gasteiger partial charge < -0.3 is 24.6 Å². The highest BCUT2D eigenvalue weighted by atomic mass is 79.9. The fourth-order valence-electron chi connectivity index (χ4n) is 5.11. The number of thiophene rings is 1. The van der Waals surface area contributed by atoms with Gasteiger partial charge in [0.1, 0.15) is 6.54 Å². The van der Waals surface area contributed by atoms with Gasteiger partial charge in [0.25, 0.3) is 0 Å². The van der Waals surface area contributed by atoms with Gasteiger partial charge in [-0.05, 0) is 84.1 Å². The van der Waals surface area contributed by atoms with Gasteiger partial charge in [-0.15, -0.1) is 11.3 Å². The van der Waals surface area contributed by atoms with Crippen LogP contribution >= 0.6 is 27.3 Å². The number of hydrogen-bond donors (Lipinski definition) is 1. The van der Waals surface area contributed by atoms with Crippen LogP contribution in [-0.2, 0) is 17.8 Å². The molecule has 0 spiro atoms. The normalized spacial score (nSPS) is 13.5. The summed E-state index contributed by atoms with van der Waals surface area (Å²) in [7, 11) is 3.24. The zero-order valence-corrected chi connectivity index (χ0v) is 25.9. The average Bonchev–Trinajstić information content (AvgIpc) is 3.39. The van der Waals surface area contributed by atoms with Gasteiger partial charge in [-0.3, -0.25) is 4.79 Å². The van der Waals surface area contributed by atoms with E-state index >= 15 is 0 Å². The SMILES string of the molecule is COc1ccc(CCN(Cc2ccc(C)s2)C(=O)CN(C(=O)Nc2ccccc2Br)C2CCCCC2)cc1OC. The number of methoxy groups -OCH3 is 2. The van der Waals surface area contributed by atoms with Gasteiger partial charge in [0.05, 0.1) is 26.5 Å². The molecule has 0 bridgehead atoms. The molecule has 4 rings (SSSR count). The maximum Gasteiger partial charge on any atom is 0.322 e. The van der Waals surface area contributed by atoms with Gasteiger partial charge in [-0.2, -0.15) is 0 Å². The number of carbonyl (C=O) groups excluding carboxylic acids is 2. The Morgan fingerprint density at radius 2 is 1.75 bits per heavy atom. The molecule has 1 aliphatic carbocycles. The molecule has 0 aliphatic heterocycles. The Hall–Kier alpha value is -3.04. The predicted octanol–water partition coefficient (Wildman–Crippen LogP) is 7.27. The fourth-order valence-corrected chi connectivity index (χ4v) is 6.40. The third-order valence-corrected chi connectivity index (χ3v) is 8.99. The van der Waals surface area contributed by atoms with E-state index < -0.39 is 0 Å². The van der Waals surface area contributed by atoms with Crippen molar-refractivity contribution in [1.29, 1.82) is 0 Å². The van der Waals surface area contributed by atoms with Crippen LogP contribution in [0.25, 0.3) is 0 Å². The molecule has 214 valence electrons. The van der Waals surface area contributed by atoms with Crippen molar-refractivity contribution in [3.63, 3.8) is 0 Å². The van der Waals surface area contributed by atoms with Crippen molar-refractivity contribution in [1.82, 2.24) is 9.80 Å². The molecule has 1 aromatic heterocycles. The molecule has 0 radical (unpaired) electrons. The van der Waals surface area contributed by atoms with E-state index in [2.05, 4.69) is 40.3 Å². The minimum atomic E-state index is -0.237. The molecule has 40 heavy (non-hydrogen) atoms. The Morgan fingerprint density at radius 3 is 2.42 bits per heavy atom. The second kappa shape index (κ2) is 14.6. The van der Waals surface area contributed by atoms with Gasteiger partial charge in [-0.1, -0.05) is 37.5 Å². The number of para-hydroxylation sites is 1. The van der Waals surface area contributed by atoms with Crippen LogP contribution in [-0.4, -0.2) is 55.1 Å². The highest BCUT2D eigenvalue weighted by Crippen LogP contribution is 2.29. The second-order valence-electron chi connectivity index (χ2n) is 10.1. The average molecular weight is 629 g/mol.